The lowest BCUT2D eigenvalue weighted by Crippen LogP contribution is -2.45. The van der Waals surface area contributed by atoms with Crippen molar-refractivity contribution >= 4 is 29.9 Å². The number of ether oxygens (including phenoxy) is 1. The van der Waals surface area contributed by atoms with Crippen LogP contribution in [0.15, 0.2) is 4.99 Å². The van der Waals surface area contributed by atoms with Crippen LogP contribution in [-0.4, -0.2) is 68.7 Å². The first-order chi connectivity index (χ1) is 8.18. The molecule has 2 rings (SSSR count). The van der Waals surface area contributed by atoms with Crippen LogP contribution in [0.2, 0.25) is 0 Å². The van der Waals surface area contributed by atoms with Gasteiger partial charge in [-0.1, -0.05) is 0 Å². The smallest absolute Gasteiger partial charge is 0.191 e. The van der Waals surface area contributed by atoms with Gasteiger partial charge < -0.3 is 20.3 Å². The molecule has 0 bridgehead atoms. The van der Waals surface area contributed by atoms with E-state index in [2.05, 4.69) is 28.9 Å². The molecule has 2 fully saturated rings. The van der Waals surface area contributed by atoms with E-state index in [1.54, 1.807) is 0 Å². The van der Waals surface area contributed by atoms with Crippen LogP contribution in [0.3, 0.4) is 0 Å². The SMILES string of the molecule is CN(C)C(CN=C(N)N1CCOCC1)C1CC1.I. The second-order valence-corrected chi connectivity index (χ2v) is 5.17. The Hall–Kier alpha value is -0.0800. The summed E-state index contributed by atoms with van der Waals surface area (Å²) in [6, 6.07) is 0.551. The summed E-state index contributed by atoms with van der Waals surface area (Å²) in [5.74, 6) is 1.51. The van der Waals surface area contributed by atoms with Gasteiger partial charge in [-0.05, 0) is 32.9 Å². The van der Waals surface area contributed by atoms with Crippen LogP contribution in [0, 0.1) is 5.92 Å². The number of rotatable bonds is 4. The summed E-state index contributed by atoms with van der Waals surface area (Å²) < 4.78 is 5.30. The Bertz CT molecular complexity index is 273. The predicted octanol–water partition coefficient (Wildman–Crippen LogP) is 0.591. The van der Waals surface area contributed by atoms with Crippen molar-refractivity contribution in [3.8, 4) is 0 Å². The number of morpholine rings is 1. The number of nitrogens with two attached hydrogens (primary N) is 1. The zero-order valence-electron chi connectivity index (χ0n) is 11.3. The maximum absolute atomic E-state index is 6.02. The van der Waals surface area contributed by atoms with Gasteiger partial charge in [0.2, 0.25) is 0 Å². The molecule has 1 aliphatic heterocycles. The van der Waals surface area contributed by atoms with E-state index in [4.69, 9.17) is 10.5 Å². The lowest BCUT2D eigenvalue weighted by molar-refractivity contribution is 0.0673. The maximum Gasteiger partial charge on any atom is 0.191 e. The van der Waals surface area contributed by atoms with E-state index in [9.17, 15) is 0 Å². The highest BCUT2D eigenvalue weighted by molar-refractivity contribution is 14.0. The van der Waals surface area contributed by atoms with Gasteiger partial charge in [0, 0.05) is 19.1 Å². The molecule has 1 atom stereocenters. The van der Waals surface area contributed by atoms with Crippen LogP contribution in [0.1, 0.15) is 12.8 Å². The molecule has 6 heteroatoms. The van der Waals surface area contributed by atoms with Crippen LogP contribution in [0.5, 0.6) is 0 Å². The van der Waals surface area contributed by atoms with Gasteiger partial charge in [-0.15, -0.1) is 24.0 Å². The van der Waals surface area contributed by atoms with E-state index in [1.807, 2.05) is 0 Å². The van der Waals surface area contributed by atoms with Crippen molar-refractivity contribution in [2.45, 2.75) is 18.9 Å². The molecule has 0 aromatic rings. The van der Waals surface area contributed by atoms with Gasteiger partial charge in [0.1, 0.15) is 0 Å². The Morgan fingerprint density at radius 2 is 2.00 bits per heavy atom. The van der Waals surface area contributed by atoms with Crippen LogP contribution in [0.4, 0.5) is 0 Å². The van der Waals surface area contributed by atoms with Gasteiger partial charge in [-0.2, -0.15) is 0 Å². The topological polar surface area (TPSA) is 54.1 Å². The minimum atomic E-state index is 0. The van der Waals surface area contributed by atoms with Gasteiger partial charge in [-0.3, -0.25) is 4.99 Å². The molecule has 0 amide bonds. The highest BCUT2D eigenvalue weighted by Crippen LogP contribution is 2.34. The minimum Gasteiger partial charge on any atom is -0.378 e. The largest absolute Gasteiger partial charge is 0.378 e. The molecule has 1 heterocycles. The molecule has 106 valence electrons. The average Bonchev–Trinajstić information content (AvgIpc) is 3.14. The van der Waals surface area contributed by atoms with Crippen LogP contribution < -0.4 is 5.73 Å². The summed E-state index contributed by atoms with van der Waals surface area (Å²) in [4.78, 5) is 8.94. The van der Waals surface area contributed by atoms with Crippen molar-refractivity contribution in [2.24, 2.45) is 16.6 Å². The average molecular weight is 368 g/mol. The van der Waals surface area contributed by atoms with Crippen molar-refractivity contribution in [2.75, 3.05) is 46.9 Å². The van der Waals surface area contributed by atoms with Gasteiger partial charge in [0.25, 0.3) is 0 Å². The molecule has 1 aliphatic carbocycles. The van der Waals surface area contributed by atoms with Gasteiger partial charge in [0.15, 0.2) is 5.96 Å². The molecule has 1 saturated heterocycles. The van der Waals surface area contributed by atoms with E-state index in [0.717, 1.165) is 38.8 Å². The summed E-state index contributed by atoms with van der Waals surface area (Å²) >= 11 is 0. The number of halogens is 1. The number of nitrogens with zero attached hydrogens (tertiary/aromatic N) is 3. The van der Waals surface area contributed by atoms with Crippen molar-refractivity contribution in [3.05, 3.63) is 0 Å². The molecule has 2 aliphatic rings. The normalized spacial score (nSPS) is 22.8. The molecular formula is C12H25IN4O. The van der Waals surface area contributed by atoms with E-state index in [1.165, 1.54) is 12.8 Å². The van der Waals surface area contributed by atoms with Crippen LogP contribution in [-0.2, 0) is 4.74 Å². The first kappa shape index (κ1) is 16.0. The minimum absolute atomic E-state index is 0. The predicted molar refractivity (Wildman–Crippen MR) is 84.5 cm³/mol. The number of aliphatic imine (C=N–C) groups is 1. The third-order valence-corrected chi connectivity index (χ3v) is 3.60. The third kappa shape index (κ3) is 4.55. The van der Waals surface area contributed by atoms with Gasteiger partial charge in [0.05, 0.1) is 19.8 Å². The van der Waals surface area contributed by atoms with Crippen molar-refractivity contribution < 1.29 is 4.74 Å². The molecular weight excluding hydrogens is 343 g/mol. The molecule has 0 aromatic carbocycles. The van der Waals surface area contributed by atoms with E-state index in [-0.39, 0.29) is 24.0 Å². The second-order valence-electron chi connectivity index (χ2n) is 5.17. The lowest BCUT2D eigenvalue weighted by Gasteiger charge is -2.28. The first-order valence-corrected chi connectivity index (χ1v) is 6.47. The fourth-order valence-corrected chi connectivity index (χ4v) is 2.29. The van der Waals surface area contributed by atoms with Crippen LogP contribution in [0.25, 0.3) is 0 Å². The molecule has 2 N–H and O–H groups in total. The number of likely N-dealkylation sites (N-methyl/N-ethyl adjacent to an activating group) is 1. The van der Waals surface area contributed by atoms with Crippen molar-refractivity contribution in [1.82, 2.24) is 9.80 Å². The monoisotopic (exact) mass is 368 g/mol. The highest BCUT2D eigenvalue weighted by atomic mass is 127. The molecule has 5 nitrogen and oxygen atoms in total. The zero-order chi connectivity index (χ0) is 12.3. The fourth-order valence-electron chi connectivity index (χ4n) is 2.29. The molecule has 0 aromatic heterocycles. The van der Waals surface area contributed by atoms with Crippen LogP contribution >= 0.6 is 24.0 Å². The quantitative estimate of drug-likeness (QED) is 0.449. The van der Waals surface area contributed by atoms with Crippen molar-refractivity contribution in [1.29, 1.82) is 0 Å². The van der Waals surface area contributed by atoms with E-state index >= 15 is 0 Å². The Morgan fingerprint density at radius 1 is 1.39 bits per heavy atom. The Labute approximate surface area is 127 Å². The standard InChI is InChI=1S/C12H24N4O.HI/c1-15(2)11(10-3-4-10)9-14-12(13)16-5-7-17-8-6-16;/h10-11H,3-9H2,1-2H3,(H2,13,14);1H. The first-order valence-electron chi connectivity index (χ1n) is 6.47. The summed E-state index contributed by atoms with van der Waals surface area (Å²) in [6.07, 6.45) is 2.69. The highest BCUT2D eigenvalue weighted by Gasteiger charge is 2.32. The summed E-state index contributed by atoms with van der Waals surface area (Å²) in [6.45, 7) is 4.07. The third-order valence-electron chi connectivity index (χ3n) is 3.60. The molecule has 1 saturated carbocycles. The Morgan fingerprint density at radius 3 is 2.50 bits per heavy atom. The number of hydrogen-bond donors (Lipinski definition) is 1. The maximum atomic E-state index is 6.02. The molecule has 18 heavy (non-hydrogen) atoms. The molecule has 0 radical (unpaired) electrons. The molecule has 1 unspecified atom stereocenters. The Kier molecular flexibility index (Phi) is 6.65. The van der Waals surface area contributed by atoms with Crippen molar-refractivity contribution in [3.63, 3.8) is 0 Å². The summed E-state index contributed by atoms with van der Waals surface area (Å²) in [7, 11) is 4.26. The summed E-state index contributed by atoms with van der Waals surface area (Å²) in [5.41, 5.74) is 6.02. The summed E-state index contributed by atoms with van der Waals surface area (Å²) in [5, 5.41) is 0. The van der Waals surface area contributed by atoms with E-state index < -0.39 is 0 Å². The zero-order valence-corrected chi connectivity index (χ0v) is 13.7. The van der Waals surface area contributed by atoms with Gasteiger partial charge >= 0.3 is 0 Å². The second kappa shape index (κ2) is 7.49. The van der Waals surface area contributed by atoms with Gasteiger partial charge in [-0.25, -0.2) is 0 Å². The fraction of sp³-hybridized carbons (Fsp3) is 0.917. The number of hydrogen-bond acceptors (Lipinski definition) is 3. The molecule has 0 spiro atoms. The number of guanidine groups is 1. The lowest BCUT2D eigenvalue weighted by atomic mass is 10.2. The Balaban J connectivity index is 0.00000162. The van der Waals surface area contributed by atoms with E-state index in [0.29, 0.717) is 12.0 Å².